The summed E-state index contributed by atoms with van der Waals surface area (Å²) in [6.45, 7) is 2.36. The molecule has 112 valence electrons. The second kappa shape index (κ2) is 3.71. The van der Waals surface area contributed by atoms with E-state index >= 15 is 0 Å². The van der Waals surface area contributed by atoms with Crippen LogP contribution in [-0.2, 0) is 4.79 Å². The Labute approximate surface area is 126 Å². The second-order valence-electron chi connectivity index (χ2n) is 8.34. The molecule has 0 aromatic rings. The lowest BCUT2D eigenvalue weighted by Crippen LogP contribution is -2.45. The Morgan fingerprint density at radius 1 is 1.24 bits per heavy atom. The lowest BCUT2D eigenvalue weighted by atomic mass is 9.54. The van der Waals surface area contributed by atoms with Crippen molar-refractivity contribution in [3.63, 3.8) is 0 Å². The van der Waals surface area contributed by atoms with Gasteiger partial charge < -0.3 is 5.11 Å². The first-order valence-electron chi connectivity index (χ1n) is 8.70. The van der Waals surface area contributed by atoms with Gasteiger partial charge in [-0.05, 0) is 79.4 Å². The Balaban J connectivity index is 1.63. The summed E-state index contributed by atoms with van der Waals surface area (Å²) in [5.74, 6) is 1.81. The maximum absolute atomic E-state index is 11.7. The molecule has 3 fully saturated rings. The molecule has 2 nitrogen and oxygen atoms in total. The van der Waals surface area contributed by atoms with Crippen LogP contribution in [0, 0.1) is 22.7 Å². The minimum absolute atomic E-state index is 0.0762. The van der Waals surface area contributed by atoms with Gasteiger partial charge in [-0.3, -0.25) is 4.79 Å². The summed E-state index contributed by atoms with van der Waals surface area (Å²) < 4.78 is 0. The topological polar surface area (TPSA) is 37.3 Å². The molecule has 5 aliphatic rings. The molecule has 2 heteroatoms. The number of fused-ring (bicyclic) bond motifs is 2. The van der Waals surface area contributed by atoms with Gasteiger partial charge in [-0.25, -0.2) is 0 Å². The molecule has 0 amide bonds. The normalized spacial score (nSPS) is 50.9. The van der Waals surface area contributed by atoms with E-state index in [0.717, 1.165) is 38.0 Å². The molecule has 5 atom stereocenters. The van der Waals surface area contributed by atoms with Crippen molar-refractivity contribution in [2.24, 2.45) is 22.7 Å². The van der Waals surface area contributed by atoms with Crippen molar-refractivity contribution in [2.45, 2.75) is 64.4 Å². The molecule has 0 radical (unpaired) electrons. The number of rotatable bonds is 0. The highest BCUT2D eigenvalue weighted by atomic mass is 16.3. The van der Waals surface area contributed by atoms with Crippen molar-refractivity contribution >= 4 is 5.78 Å². The average Bonchev–Trinajstić information content (AvgIpc) is 3.12. The third kappa shape index (κ3) is 1.32. The van der Waals surface area contributed by atoms with Crippen LogP contribution in [0.25, 0.3) is 0 Å². The van der Waals surface area contributed by atoms with E-state index in [1.165, 1.54) is 18.4 Å². The van der Waals surface area contributed by atoms with Crippen molar-refractivity contribution < 1.29 is 9.90 Å². The predicted molar refractivity (Wildman–Crippen MR) is 80.6 cm³/mol. The summed E-state index contributed by atoms with van der Waals surface area (Å²) in [6, 6.07) is 0. The minimum atomic E-state index is -0.0762. The molecule has 5 rings (SSSR count). The van der Waals surface area contributed by atoms with Gasteiger partial charge in [0.2, 0.25) is 0 Å². The van der Waals surface area contributed by atoms with Gasteiger partial charge in [0.1, 0.15) is 0 Å². The molecule has 1 spiro atoms. The zero-order valence-electron chi connectivity index (χ0n) is 12.8. The molecule has 0 heterocycles. The first-order chi connectivity index (χ1) is 10.1. The molecule has 1 N–H and O–H groups in total. The zero-order chi connectivity index (χ0) is 14.4. The van der Waals surface area contributed by atoms with Gasteiger partial charge in [0, 0.05) is 11.8 Å². The molecule has 0 saturated heterocycles. The number of ketones is 1. The molecule has 3 saturated carbocycles. The molecule has 0 unspecified atom stereocenters. The third-order valence-corrected chi connectivity index (χ3v) is 7.85. The highest BCUT2D eigenvalue weighted by Gasteiger charge is 2.76. The van der Waals surface area contributed by atoms with Gasteiger partial charge in [0.05, 0.1) is 6.10 Å². The third-order valence-electron chi connectivity index (χ3n) is 7.85. The van der Waals surface area contributed by atoms with Gasteiger partial charge in [-0.2, -0.15) is 0 Å². The Kier molecular flexibility index (Phi) is 2.23. The lowest BCUT2D eigenvalue weighted by Gasteiger charge is -2.51. The fraction of sp³-hybridized carbons (Fsp3) is 0.737. The maximum Gasteiger partial charge on any atom is 0.156 e. The summed E-state index contributed by atoms with van der Waals surface area (Å²) in [7, 11) is 0. The number of carbonyl (C=O) groups is 1. The number of aliphatic hydroxyl groups is 1. The van der Waals surface area contributed by atoms with E-state index in [1.54, 1.807) is 11.1 Å². The molecular formula is C19H24O2. The summed E-state index contributed by atoms with van der Waals surface area (Å²) >= 11 is 0. The van der Waals surface area contributed by atoms with Crippen molar-refractivity contribution in [3.05, 3.63) is 22.8 Å². The molecule has 0 aromatic carbocycles. The maximum atomic E-state index is 11.7. The monoisotopic (exact) mass is 284 g/mol. The van der Waals surface area contributed by atoms with Crippen LogP contribution in [-0.4, -0.2) is 17.0 Å². The van der Waals surface area contributed by atoms with Crippen LogP contribution in [0.2, 0.25) is 0 Å². The molecule has 0 aromatic heterocycles. The molecular weight excluding hydrogens is 260 g/mol. The van der Waals surface area contributed by atoms with E-state index in [-0.39, 0.29) is 11.5 Å². The molecule has 21 heavy (non-hydrogen) atoms. The van der Waals surface area contributed by atoms with Gasteiger partial charge in [0.25, 0.3) is 0 Å². The summed E-state index contributed by atoms with van der Waals surface area (Å²) in [5, 5.41) is 10.6. The largest absolute Gasteiger partial charge is 0.393 e. The van der Waals surface area contributed by atoms with Gasteiger partial charge in [0.15, 0.2) is 5.78 Å². The summed E-state index contributed by atoms with van der Waals surface area (Å²) in [6.07, 6.45) is 10.6. The van der Waals surface area contributed by atoms with E-state index < -0.39 is 0 Å². The highest BCUT2D eigenvalue weighted by Crippen LogP contribution is 2.81. The fourth-order valence-electron chi connectivity index (χ4n) is 6.73. The number of allylic oxidation sites excluding steroid dienone is 4. The van der Waals surface area contributed by atoms with E-state index in [2.05, 4.69) is 6.92 Å². The molecule has 0 aliphatic heterocycles. The Hall–Kier alpha value is -0.890. The van der Waals surface area contributed by atoms with E-state index in [0.29, 0.717) is 23.5 Å². The quantitative estimate of drug-likeness (QED) is 0.738. The van der Waals surface area contributed by atoms with E-state index in [4.69, 9.17) is 0 Å². The Morgan fingerprint density at radius 3 is 2.95 bits per heavy atom. The minimum Gasteiger partial charge on any atom is -0.393 e. The van der Waals surface area contributed by atoms with Crippen LogP contribution in [0.15, 0.2) is 22.8 Å². The fourth-order valence-corrected chi connectivity index (χ4v) is 6.73. The van der Waals surface area contributed by atoms with E-state index in [1.807, 2.05) is 6.08 Å². The number of hydrogen-bond acceptors (Lipinski definition) is 2. The van der Waals surface area contributed by atoms with Crippen LogP contribution < -0.4 is 0 Å². The molecule has 5 aliphatic carbocycles. The van der Waals surface area contributed by atoms with Crippen molar-refractivity contribution in [2.75, 3.05) is 0 Å². The summed E-state index contributed by atoms with van der Waals surface area (Å²) in [4.78, 5) is 11.7. The second-order valence-corrected chi connectivity index (χ2v) is 8.34. The van der Waals surface area contributed by atoms with Crippen molar-refractivity contribution in [1.29, 1.82) is 0 Å². The van der Waals surface area contributed by atoms with Gasteiger partial charge in [-0.15, -0.1) is 0 Å². The highest BCUT2D eigenvalue weighted by molar-refractivity contribution is 5.93. The SMILES string of the molecule is C[C@]12CCC3=C4CCC(=O)C=C4CC[C@H]3[C@]13C[C@@H]3C[C@H]2O. The number of hydrogen-bond donors (Lipinski definition) is 1. The standard InChI is InChI=1S/C19H24O2/c1-18-7-6-15-14-4-3-13(20)8-11(14)2-5-16(15)19(18)10-12(19)9-17(18)21/h8,12,16-17,21H,2-7,9-10H2,1H3/t12-,16+,17+,18+,19+/m0/s1. The van der Waals surface area contributed by atoms with Crippen LogP contribution in [0.1, 0.15) is 58.3 Å². The average molecular weight is 284 g/mol. The van der Waals surface area contributed by atoms with Crippen LogP contribution >= 0.6 is 0 Å². The zero-order valence-corrected chi connectivity index (χ0v) is 12.8. The summed E-state index contributed by atoms with van der Waals surface area (Å²) in [5.41, 5.74) is 5.18. The van der Waals surface area contributed by atoms with Crippen LogP contribution in [0.3, 0.4) is 0 Å². The predicted octanol–water partition coefficient (Wildman–Crippen LogP) is 3.55. The number of carbonyl (C=O) groups excluding carboxylic acids is 1. The molecule has 0 bridgehead atoms. The lowest BCUT2D eigenvalue weighted by molar-refractivity contribution is -0.114. The number of aliphatic hydroxyl groups excluding tert-OH is 1. The smallest absolute Gasteiger partial charge is 0.156 e. The first-order valence-corrected chi connectivity index (χ1v) is 8.70. The van der Waals surface area contributed by atoms with Crippen LogP contribution in [0.5, 0.6) is 0 Å². The Morgan fingerprint density at radius 2 is 2.10 bits per heavy atom. The van der Waals surface area contributed by atoms with Gasteiger partial charge in [-0.1, -0.05) is 12.5 Å². The van der Waals surface area contributed by atoms with Crippen molar-refractivity contribution in [3.8, 4) is 0 Å². The van der Waals surface area contributed by atoms with Crippen LogP contribution in [0.4, 0.5) is 0 Å². The Bertz CT molecular complexity index is 613. The van der Waals surface area contributed by atoms with Gasteiger partial charge >= 0.3 is 0 Å². The van der Waals surface area contributed by atoms with E-state index in [9.17, 15) is 9.90 Å². The first kappa shape index (κ1) is 12.6. The van der Waals surface area contributed by atoms with Crippen molar-refractivity contribution in [1.82, 2.24) is 0 Å².